The van der Waals surface area contributed by atoms with E-state index in [1.807, 2.05) is 25.1 Å². The van der Waals surface area contributed by atoms with E-state index in [-0.39, 0.29) is 5.91 Å². The summed E-state index contributed by atoms with van der Waals surface area (Å²) in [5.74, 6) is 0.000231. The Labute approximate surface area is 120 Å². The van der Waals surface area contributed by atoms with E-state index in [0.29, 0.717) is 6.54 Å². The number of thiol groups is 1. The second-order valence-electron chi connectivity index (χ2n) is 5.11. The number of benzene rings is 1. The third-order valence-corrected chi connectivity index (χ3v) is 3.90. The lowest BCUT2D eigenvalue weighted by Gasteiger charge is -2.19. The van der Waals surface area contributed by atoms with Gasteiger partial charge in [0.05, 0.1) is 0 Å². The van der Waals surface area contributed by atoms with Crippen LogP contribution in [0.3, 0.4) is 0 Å². The summed E-state index contributed by atoms with van der Waals surface area (Å²) in [6.07, 6.45) is 2.62. The van der Waals surface area contributed by atoms with Crippen LogP contribution in [0.25, 0.3) is 0 Å². The van der Waals surface area contributed by atoms with Crippen molar-refractivity contribution < 1.29 is 4.79 Å². The molecule has 1 N–H and O–H groups in total. The van der Waals surface area contributed by atoms with E-state index < -0.39 is 0 Å². The molecule has 0 unspecified atom stereocenters. The molecule has 1 aromatic rings. The van der Waals surface area contributed by atoms with Gasteiger partial charge in [0.1, 0.15) is 0 Å². The number of hydrogen-bond donors (Lipinski definition) is 2. The van der Waals surface area contributed by atoms with Gasteiger partial charge in [-0.2, -0.15) is 0 Å². The summed E-state index contributed by atoms with van der Waals surface area (Å²) in [6.45, 7) is 6.83. The van der Waals surface area contributed by atoms with Crippen molar-refractivity contribution in [2.75, 3.05) is 19.6 Å². The van der Waals surface area contributed by atoms with Crippen molar-refractivity contribution in [1.29, 1.82) is 0 Å². The van der Waals surface area contributed by atoms with E-state index in [2.05, 4.69) is 29.8 Å². The second kappa shape index (κ2) is 6.44. The Kier molecular flexibility index (Phi) is 4.88. The maximum Gasteiger partial charge on any atom is 0.251 e. The standard InChI is InChI=1S/C15H22N2OS/c1-3-17(12-5-6-12)9-8-16-15(18)14-10-13(19)7-4-11(14)2/h4,7,10,12,19H,3,5-6,8-9H2,1-2H3,(H,16,18). The minimum Gasteiger partial charge on any atom is -0.351 e. The Morgan fingerprint density at radius 1 is 1.47 bits per heavy atom. The van der Waals surface area contributed by atoms with Gasteiger partial charge >= 0.3 is 0 Å². The highest BCUT2D eigenvalue weighted by molar-refractivity contribution is 7.80. The quantitative estimate of drug-likeness (QED) is 0.784. The van der Waals surface area contributed by atoms with E-state index in [1.165, 1.54) is 12.8 Å². The smallest absolute Gasteiger partial charge is 0.251 e. The number of hydrogen-bond acceptors (Lipinski definition) is 3. The number of carbonyl (C=O) groups is 1. The van der Waals surface area contributed by atoms with Crippen LogP contribution in [-0.4, -0.2) is 36.5 Å². The maximum atomic E-state index is 12.1. The largest absolute Gasteiger partial charge is 0.351 e. The average molecular weight is 278 g/mol. The molecule has 0 atom stereocenters. The first-order valence-corrected chi connectivity index (χ1v) is 7.38. The van der Waals surface area contributed by atoms with Crippen LogP contribution < -0.4 is 5.32 Å². The first-order chi connectivity index (χ1) is 9.11. The van der Waals surface area contributed by atoms with Gasteiger partial charge in [-0.3, -0.25) is 9.69 Å². The monoisotopic (exact) mass is 278 g/mol. The van der Waals surface area contributed by atoms with Gasteiger partial charge in [-0.1, -0.05) is 13.0 Å². The molecule has 0 aromatic heterocycles. The summed E-state index contributed by atoms with van der Waals surface area (Å²) in [5, 5.41) is 3.00. The Balaban J connectivity index is 1.85. The van der Waals surface area contributed by atoms with Gasteiger partial charge in [0.15, 0.2) is 0 Å². The zero-order chi connectivity index (χ0) is 13.8. The SMILES string of the molecule is CCN(CCNC(=O)c1cc(S)ccc1C)C1CC1. The second-order valence-corrected chi connectivity index (χ2v) is 5.63. The van der Waals surface area contributed by atoms with Crippen molar-refractivity contribution in [2.24, 2.45) is 0 Å². The Morgan fingerprint density at radius 2 is 2.21 bits per heavy atom. The van der Waals surface area contributed by atoms with Crippen molar-refractivity contribution >= 4 is 18.5 Å². The molecule has 0 bridgehead atoms. The molecule has 1 amide bonds. The van der Waals surface area contributed by atoms with Gasteiger partial charge in [-0.05, 0) is 44.0 Å². The summed E-state index contributed by atoms with van der Waals surface area (Å²) < 4.78 is 0. The van der Waals surface area contributed by atoms with E-state index in [1.54, 1.807) is 0 Å². The summed E-state index contributed by atoms with van der Waals surface area (Å²) in [4.78, 5) is 15.4. The Morgan fingerprint density at radius 3 is 2.84 bits per heavy atom. The number of amides is 1. The molecular weight excluding hydrogens is 256 g/mol. The molecule has 0 radical (unpaired) electrons. The van der Waals surface area contributed by atoms with Gasteiger partial charge < -0.3 is 5.32 Å². The number of nitrogens with one attached hydrogen (secondary N) is 1. The predicted octanol–water partition coefficient (Wildman–Crippen LogP) is 2.50. The lowest BCUT2D eigenvalue weighted by atomic mass is 10.1. The maximum absolute atomic E-state index is 12.1. The lowest BCUT2D eigenvalue weighted by Crippen LogP contribution is -2.36. The summed E-state index contributed by atoms with van der Waals surface area (Å²) >= 11 is 4.28. The number of likely N-dealkylation sites (N-methyl/N-ethyl adjacent to an activating group) is 1. The molecular formula is C15H22N2OS. The van der Waals surface area contributed by atoms with Gasteiger partial charge in [-0.25, -0.2) is 0 Å². The highest BCUT2D eigenvalue weighted by Gasteiger charge is 2.27. The van der Waals surface area contributed by atoms with Gasteiger partial charge in [0.2, 0.25) is 0 Å². The van der Waals surface area contributed by atoms with Crippen molar-refractivity contribution in [1.82, 2.24) is 10.2 Å². The fraction of sp³-hybridized carbons (Fsp3) is 0.533. The van der Waals surface area contributed by atoms with Crippen molar-refractivity contribution in [3.8, 4) is 0 Å². The van der Waals surface area contributed by atoms with E-state index in [0.717, 1.165) is 35.2 Å². The Bertz CT molecular complexity index is 457. The van der Waals surface area contributed by atoms with Crippen molar-refractivity contribution in [3.63, 3.8) is 0 Å². The van der Waals surface area contributed by atoms with Crippen LogP contribution in [0.15, 0.2) is 23.1 Å². The van der Waals surface area contributed by atoms with Gasteiger partial charge in [0, 0.05) is 29.6 Å². The van der Waals surface area contributed by atoms with Crippen molar-refractivity contribution in [3.05, 3.63) is 29.3 Å². The molecule has 104 valence electrons. The molecule has 1 aromatic carbocycles. The fourth-order valence-electron chi connectivity index (χ4n) is 2.30. The van der Waals surface area contributed by atoms with Gasteiger partial charge in [0.25, 0.3) is 5.91 Å². The normalized spacial score (nSPS) is 14.7. The van der Waals surface area contributed by atoms with Crippen LogP contribution in [0, 0.1) is 6.92 Å². The fourth-order valence-corrected chi connectivity index (χ4v) is 2.51. The zero-order valence-corrected chi connectivity index (χ0v) is 12.5. The lowest BCUT2D eigenvalue weighted by molar-refractivity contribution is 0.0947. The average Bonchev–Trinajstić information content (AvgIpc) is 3.21. The van der Waals surface area contributed by atoms with Crippen LogP contribution in [-0.2, 0) is 0 Å². The zero-order valence-electron chi connectivity index (χ0n) is 11.6. The van der Waals surface area contributed by atoms with Crippen LogP contribution in [0.1, 0.15) is 35.7 Å². The third-order valence-electron chi connectivity index (χ3n) is 3.62. The molecule has 1 aliphatic rings. The molecule has 19 heavy (non-hydrogen) atoms. The van der Waals surface area contributed by atoms with Crippen LogP contribution in [0.5, 0.6) is 0 Å². The van der Waals surface area contributed by atoms with Crippen molar-refractivity contribution in [2.45, 2.75) is 37.6 Å². The van der Waals surface area contributed by atoms with E-state index in [9.17, 15) is 4.79 Å². The first-order valence-electron chi connectivity index (χ1n) is 6.93. The summed E-state index contributed by atoms with van der Waals surface area (Å²) in [5.41, 5.74) is 1.71. The number of nitrogens with zero attached hydrogens (tertiary/aromatic N) is 1. The summed E-state index contributed by atoms with van der Waals surface area (Å²) in [7, 11) is 0. The number of rotatable bonds is 6. The molecule has 2 rings (SSSR count). The van der Waals surface area contributed by atoms with E-state index >= 15 is 0 Å². The molecule has 1 aliphatic carbocycles. The Hall–Kier alpha value is -1.00. The summed E-state index contributed by atoms with van der Waals surface area (Å²) in [6, 6.07) is 6.41. The van der Waals surface area contributed by atoms with Crippen LogP contribution in [0.4, 0.5) is 0 Å². The first kappa shape index (κ1) is 14.4. The van der Waals surface area contributed by atoms with Gasteiger partial charge in [-0.15, -0.1) is 12.6 Å². The molecule has 0 saturated heterocycles. The van der Waals surface area contributed by atoms with Crippen LogP contribution in [0.2, 0.25) is 0 Å². The number of aryl methyl sites for hydroxylation is 1. The number of carbonyl (C=O) groups excluding carboxylic acids is 1. The third kappa shape index (κ3) is 3.98. The molecule has 1 fully saturated rings. The molecule has 3 nitrogen and oxygen atoms in total. The molecule has 0 heterocycles. The van der Waals surface area contributed by atoms with Crippen LogP contribution >= 0.6 is 12.6 Å². The topological polar surface area (TPSA) is 32.3 Å². The molecule has 4 heteroatoms. The minimum absolute atomic E-state index is 0.000231. The van der Waals surface area contributed by atoms with E-state index in [4.69, 9.17) is 0 Å². The highest BCUT2D eigenvalue weighted by atomic mass is 32.1. The molecule has 1 saturated carbocycles. The molecule has 0 aliphatic heterocycles. The predicted molar refractivity (Wildman–Crippen MR) is 81.0 cm³/mol. The minimum atomic E-state index is 0.000231. The highest BCUT2D eigenvalue weighted by Crippen LogP contribution is 2.25. The molecule has 0 spiro atoms.